The Labute approximate surface area is 105 Å². The highest BCUT2D eigenvalue weighted by Crippen LogP contribution is 2.30. The number of aliphatic hydroxyl groups excluding tert-OH is 1. The number of halogens is 1. The maximum Gasteiger partial charge on any atom is 0.142 e. The van der Waals surface area contributed by atoms with Crippen molar-refractivity contribution in [1.82, 2.24) is 4.98 Å². The van der Waals surface area contributed by atoms with Crippen molar-refractivity contribution in [1.29, 1.82) is 0 Å². The molecule has 0 aliphatic carbocycles. The quantitative estimate of drug-likeness (QED) is 0.878. The number of aromatic nitrogens is 1. The van der Waals surface area contributed by atoms with E-state index in [0.717, 1.165) is 12.3 Å². The van der Waals surface area contributed by atoms with Gasteiger partial charge in [0.15, 0.2) is 0 Å². The topological polar surface area (TPSA) is 36.4 Å². The first-order valence-corrected chi connectivity index (χ1v) is 6.82. The molecule has 0 amide bonds. The minimum absolute atomic E-state index is 0.176. The minimum atomic E-state index is -0.398. The average Bonchev–Trinajstić information content (AvgIpc) is 2.33. The zero-order valence-corrected chi connectivity index (χ0v) is 10.9. The Kier molecular flexibility index (Phi) is 3.89. The number of aliphatic hydroxyl groups is 1. The third-order valence-electron chi connectivity index (χ3n) is 3.24. The molecule has 1 saturated heterocycles. The Bertz CT molecular complexity index is 402. The number of hydrogen-bond acceptors (Lipinski definition) is 4. The monoisotopic (exact) mass is 256 g/mol. The third kappa shape index (κ3) is 2.55. The lowest BCUT2D eigenvalue weighted by atomic mass is 10.1. The molecule has 94 valence electrons. The van der Waals surface area contributed by atoms with Crippen LogP contribution >= 0.6 is 11.8 Å². The summed E-state index contributed by atoms with van der Waals surface area (Å²) in [5.74, 6) is 1.36. The maximum atomic E-state index is 13.1. The standard InChI is InChI=1S/C12H17FN2OS/c1-8-9(2)17-4-3-15(8)12-10(7-16)5-11(13)6-14-12/h5-6,8-9,16H,3-4,7H2,1-2H3. The van der Waals surface area contributed by atoms with Gasteiger partial charge < -0.3 is 10.0 Å². The van der Waals surface area contributed by atoms with Gasteiger partial charge in [-0.3, -0.25) is 0 Å². The molecule has 5 heteroatoms. The van der Waals surface area contributed by atoms with Gasteiger partial charge in [-0.25, -0.2) is 9.37 Å². The summed E-state index contributed by atoms with van der Waals surface area (Å²) in [7, 11) is 0. The molecule has 2 rings (SSSR count). The average molecular weight is 256 g/mol. The summed E-state index contributed by atoms with van der Waals surface area (Å²) in [4.78, 5) is 6.30. The largest absolute Gasteiger partial charge is 0.392 e. The van der Waals surface area contributed by atoms with Crippen molar-refractivity contribution < 1.29 is 9.50 Å². The Morgan fingerprint density at radius 2 is 2.35 bits per heavy atom. The summed E-state index contributed by atoms with van der Waals surface area (Å²) in [6.07, 6.45) is 1.22. The zero-order chi connectivity index (χ0) is 12.4. The van der Waals surface area contributed by atoms with Gasteiger partial charge in [0.1, 0.15) is 11.6 Å². The van der Waals surface area contributed by atoms with E-state index in [1.54, 1.807) is 0 Å². The number of hydrogen-bond donors (Lipinski definition) is 1. The zero-order valence-electron chi connectivity index (χ0n) is 10.1. The lowest BCUT2D eigenvalue weighted by Crippen LogP contribution is -2.45. The van der Waals surface area contributed by atoms with Crippen LogP contribution in [0.1, 0.15) is 19.4 Å². The van der Waals surface area contributed by atoms with Crippen LogP contribution in [0.4, 0.5) is 10.2 Å². The Hall–Kier alpha value is -0.810. The SMILES string of the molecule is CC1SCCN(c2ncc(F)cc2CO)C1C. The smallest absolute Gasteiger partial charge is 0.142 e. The summed E-state index contributed by atoms with van der Waals surface area (Å²) < 4.78 is 13.1. The minimum Gasteiger partial charge on any atom is -0.392 e. The van der Waals surface area contributed by atoms with Crippen molar-refractivity contribution in [2.24, 2.45) is 0 Å². The van der Waals surface area contributed by atoms with E-state index in [1.165, 1.54) is 12.3 Å². The highest BCUT2D eigenvalue weighted by atomic mass is 32.2. The number of thioether (sulfide) groups is 1. The van der Waals surface area contributed by atoms with E-state index in [1.807, 2.05) is 11.8 Å². The van der Waals surface area contributed by atoms with Crippen molar-refractivity contribution >= 4 is 17.6 Å². The highest BCUT2D eigenvalue weighted by Gasteiger charge is 2.27. The molecule has 1 aromatic heterocycles. The maximum absolute atomic E-state index is 13.1. The van der Waals surface area contributed by atoms with Gasteiger partial charge in [0.25, 0.3) is 0 Å². The molecular weight excluding hydrogens is 239 g/mol. The van der Waals surface area contributed by atoms with Crippen LogP contribution in [0.2, 0.25) is 0 Å². The number of anilines is 1. The van der Waals surface area contributed by atoms with Gasteiger partial charge in [0.05, 0.1) is 12.8 Å². The lowest BCUT2D eigenvalue weighted by molar-refractivity contribution is 0.280. The molecule has 0 bridgehead atoms. The summed E-state index contributed by atoms with van der Waals surface area (Å²) >= 11 is 1.94. The second kappa shape index (κ2) is 5.23. The molecular formula is C12H17FN2OS. The van der Waals surface area contributed by atoms with Crippen LogP contribution in [0.25, 0.3) is 0 Å². The molecule has 3 nitrogen and oxygen atoms in total. The summed E-state index contributed by atoms with van der Waals surface area (Å²) in [6, 6.07) is 1.71. The first-order chi connectivity index (χ1) is 8.13. The van der Waals surface area contributed by atoms with Crippen molar-refractivity contribution in [2.45, 2.75) is 31.7 Å². The fourth-order valence-corrected chi connectivity index (χ4v) is 3.18. The van der Waals surface area contributed by atoms with Crippen molar-refractivity contribution in [3.05, 3.63) is 23.6 Å². The molecule has 0 saturated carbocycles. The van der Waals surface area contributed by atoms with E-state index >= 15 is 0 Å². The molecule has 0 spiro atoms. The van der Waals surface area contributed by atoms with Gasteiger partial charge in [-0.2, -0.15) is 11.8 Å². The van der Waals surface area contributed by atoms with Crippen LogP contribution in [0.15, 0.2) is 12.3 Å². The molecule has 2 unspecified atom stereocenters. The number of pyridine rings is 1. The fourth-order valence-electron chi connectivity index (χ4n) is 2.08. The van der Waals surface area contributed by atoms with Gasteiger partial charge in [-0.05, 0) is 13.0 Å². The normalized spacial score (nSPS) is 25.1. The molecule has 1 aliphatic heterocycles. The highest BCUT2D eigenvalue weighted by molar-refractivity contribution is 8.00. The van der Waals surface area contributed by atoms with E-state index < -0.39 is 5.82 Å². The fraction of sp³-hybridized carbons (Fsp3) is 0.583. The van der Waals surface area contributed by atoms with Gasteiger partial charge in [-0.15, -0.1) is 0 Å². The van der Waals surface area contributed by atoms with Crippen molar-refractivity contribution in [3.8, 4) is 0 Å². The summed E-state index contributed by atoms with van der Waals surface area (Å²) in [5.41, 5.74) is 0.566. The molecule has 17 heavy (non-hydrogen) atoms. The van der Waals surface area contributed by atoms with E-state index in [2.05, 4.69) is 23.7 Å². The van der Waals surface area contributed by atoms with Gasteiger partial charge in [0, 0.05) is 29.2 Å². The van der Waals surface area contributed by atoms with Crippen LogP contribution in [-0.2, 0) is 6.61 Å². The van der Waals surface area contributed by atoms with Crippen molar-refractivity contribution in [3.63, 3.8) is 0 Å². The molecule has 1 fully saturated rings. The van der Waals surface area contributed by atoms with Crippen molar-refractivity contribution in [2.75, 3.05) is 17.2 Å². The van der Waals surface area contributed by atoms with Crippen LogP contribution in [0.3, 0.4) is 0 Å². The van der Waals surface area contributed by atoms with E-state index in [4.69, 9.17) is 0 Å². The molecule has 2 atom stereocenters. The third-order valence-corrected chi connectivity index (χ3v) is 4.57. The molecule has 0 aromatic carbocycles. The van der Waals surface area contributed by atoms with Crippen LogP contribution in [-0.4, -0.2) is 33.7 Å². The van der Waals surface area contributed by atoms with Gasteiger partial charge >= 0.3 is 0 Å². The Morgan fingerprint density at radius 3 is 3.06 bits per heavy atom. The molecule has 1 aromatic rings. The molecule has 1 N–H and O–H groups in total. The predicted octanol–water partition coefficient (Wildman–Crippen LogP) is 2.04. The van der Waals surface area contributed by atoms with E-state index in [9.17, 15) is 9.50 Å². The van der Waals surface area contributed by atoms with E-state index in [-0.39, 0.29) is 6.61 Å². The second-order valence-corrected chi connectivity index (χ2v) is 5.79. The second-order valence-electron chi connectivity index (χ2n) is 4.30. The Balaban J connectivity index is 2.32. The van der Waals surface area contributed by atoms with Gasteiger partial charge in [0.2, 0.25) is 0 Å². The van der Waals surface area contributed by atoms with Crippen LogP contribution in [0.5, 0.6) is 0 Å². The molecule has 0 radical (unpaired) electrons. The predicted molar refractivity (Wildman–Crippen MR) is 68.8 cm³/mol. The number of nitrogens with zero attached hydrogens (tertiary/aromatic N) is 2. The Morgan fingerprint density at radius 1 is 1.59 bits per heavy atom. The number of rotatable bonds is 2. The lowest BCUT2D eigenvalue weighted by Gasteiger charge is -2.39. The molecule has 1 aliphatic rings. The summed E-state index contributed by atoms with van der Waals surface area (Å²) in [5, 5.41) is 9.80. The van der Waals surface area contributed by atoms with Crippen LogP contribution < -0.4 is 4.90 Å². The first kappa shape index (κ1) is 12.6. The van der Waals surface area contributed by atoms with Crippen LogP contribution in [0, 0.1) is 5.82 Å². The summed E-state index contributed by atoms with van der Waals surface area (Å²) in [6.45, 7) is 5.04. The van der Waals surface area contributed by atoms with E-state index in [0.29, 0.717) is 22.7 Å². The first-order valence-electron chi connectivity index (χ1n) is 5.77. The molecule has 2 heterocycles. The van der Waals surface area contributed by atoms with Gasteiger partial charge in [-0.1, -0.05) is 6.92 Å².